The molecule has 0 radical (unpaired) electrons. The van der Waals surface area contributed by atoms with Gasteiger partial charge in [-0.25, -0.2) is 0 Å². The Morgan fingerprint density at radius 3 is 1.88 bits per heavy atom. The van der Waals surface area contributed by atoms with Crippen molar-refractivity contribution in [3.05, 3.63) is 47.0 Å². The van der Waals surface area contributed by atoms with Crippen LogP contribution < -0.4 is 16.2 Å². The summed E-state index contributed by atoms with van der Waals surface area (Å²) in [6.07, 6.45) is -11.4. The molecule has 2 aromatic carbocycles. The van der Waals surface area contributed by atoms with Gasteiger partial charge in [-0.05, 0) is 19.1 Å². The van der Waals surface area contributed by atoms with Gasteiger partial charge in [-0.15, -0.1) is 0 Å². The number of ether oxygens (including phenoxy) is 1. The van der Waals surface area contributed by atoms with Gasteiger partial charge in [0.2, 0.25) is 5.41 Å². The smallest absolute Gasteiger partial charge is 0.411 e. The van der Waals surface area contributed by atoms with Crippen molar-refractivity contribution in [1.82, 2.24) is 0 Å². The fourth-order valence-corrected chi connectivity index (χ4v) is 3.05. The molecule has 1 aliphatic heterocycles. The van der Waals surface area contributed by atoms with Crippen LogP contribution in [0.25, 0.3) is 0 Å². The lowest BCUT2D eigenvalue weighted by molar-refractivity contribution is -0.290. The van der Waals surface area contributed by atoms with E-state index < -0.39 is 46.1 Å². The molecule has 1 heterocycles. The van der Waals surface area contributed by atoms with Crippen molar-refractivity contribution in [2.45, 2.75) is 24.7 Å². The lowest BCUT2D eigenvalue weighted by atomic mass is 9.70. The van der Waals surface area contributed by atoms with E-state index in [-0.39, 0.29) is 11.3 Å². The number of alkyl halides is 6. The second-order valence-corrected chi connectivity index (χ2v) is 5.82. The zero-order chi connectivity index (χ0) is 18.8. The summed E-state index contributed by atoms with van der Waals surface area (Å²) in [7, 11) is 0. The summed E-state index contributed by atoms with van der Waals surface area (Å²) >= 11 is 0. The van der Waals surface area contributed by atoms with E-state index in [1.165, 1.54) is 13.0 Å². The number of rotatable bonds is 0. The third-order valence-electron chi connectivity index (χ3n) is 4.20. The van der Waals surface area contributed by atoms with Gasteiger partial charge in [0.15, 0.2) is 0 Å². The van der Waals surface area contributed by atoms with Gasteiger partial charge in [-0.2, -0.15) is 26.3 Å². The van der Waals surface area contributed by atoms with Gasteiger partial charge < -0.3 is 16.2 Å². The first kappa shape index (κ1) is 17.2. The van der Waals surface area contributed by atoms with Gasteiger partial charge in [-0.3, -0.25) is 0 Å². The van der Waals surface area contributed by atoms with Crippen LogP contribution in [0.15, 0.2) is 30.3 Å². The number of aryl methyl sites for hydroxylation is 1. The van der Waals surface area contributed by atoms with Gasteiger partial charge in [0.25, 0.3) is 0 Å². The topological polar surface area (TPSA) is 61.3 Å². The Morgan fingerprint density at radius 1 is 0.800 bits per heavy atom. The quantitative estimate of drug-likeness (QED) is 0.529. The van der Waals surface area contributed by atoms with Gasteiger partial charge in [0.05, 0.1) is 11.4 Å². The molecular formula is C16H12F6N2O. The third kappa shape index (κ3) is 2.21. The standard InChI is InChI=1S/C16H12F6N2O/c1-7-2-3-12-8(4-7)14(15(17,18)19,16(20,21)22)9-5-10(23)11(24)6-13(9)25-12/h2-6H,23-24H2,1H3. The van der Waals surface area contributed by atoms with E-state index >= 15 is 0 Å². The number of nitrogens with two attached hydrogens (primary N) is 2. The van der Waals surface area contributed by atoms with E-state index in [2.05, 4.69) is 0 Å². The number of nitrogen functional groups attached to an aromatic ring is 2. The first-order valence-corrected chi connectivity index (χ1v) is 7.01. The highest BCUT2D eigenvalue weighted by Crippen LogP contribution is 2.63. The summed E-state index contributed by atoms with van der Waals surface area (Å²) in [4.78, 5) is 0. The number of halogens is 6. The summed E-state index contributed by atoms with van der Waals surface area (Å²) in [5.41, 5.74) is 4.26. The van der Waals surface area contributed by atoms with Crippen LogP contribution in [-0.2, 0) is 5.41 Å². The molecule has 0 spiro atoms. The summed E-state index contributed by atoms with van der Waals surface area (Å²) in [5, 5.41) is 0. The molecule has 0 aliphatic carbocycles. The maximum absolute atomic E-state index is 14.0. The van der Waals surface area contributed by atoms with Crippen molar-refractivity contribution in [1.29, 1.82) is 0 Å². The number of anilines is 2. The zero-order valence-electron chi connectivity index (χ0n) is 12.7. The molecule has 4 N–H and O–H groups in total. The molecule has 0 saturated heterocycles. The Morgan fingerprint density at radius 2 is 1.32 bits per heavy atom. The lowest BCUT2D eigenvalue weighted by Gasteiger charge is -2.42. The molecule has 0 amide bonds. The third-order valence-corrected chi connectivity index (χ3v) is 4.20. The fourth-order valence-electron chi connectivity index (χ4n) is 3.05. The van der Waals surface area contributed by atoms with Crippen molar-refractivity contribution < 1.29 is 31.1 Å². The molecule has 0 aromatic heterocycles. The maximum atomic E-state index is 14.0. The first-order valence-electron chi connectivity index (χ1n) is 7.01. The van der Waals surface area contributed by atoms with Gasteiger partial charge in [-0.1, -0.05) is 17.7 Å². The number of hydrogen-bond donors (Lipinski definition) is 2. The average Bonchev–Trinajstić information content (AvgIpc) is 2.44. The minimum atomic E-state index is -5.69. The van der Waals surface area contributed by atoms with Crippen molar-refractivity contribution in [2.24, 2.45) is 0 Å². The first-order chi connectivity index (χ1) is 11.4. The Hall–Kier alpha value is -2.58. The molecule has 1 aliphatic rings. The number of hydrogen-bond acceptors (Lipinski definition) is 3. The van der Waals surface area contributed by atoms with Crippen LogP contribution in [-0.4, -0.2) is 12.4 Å². The summed E-state index contributed by atoms with van der Waals surface area (Å²) in [5.74, 6) is -1.16. The Labute approximate surface area is 138 Å². The SMILES string of the molecule is Cc1ccc2c(c1)C(C(F)(F)F)(C(F)(F)F)c1cc(N)c(N)cc1O2. The van der Waals surface area contributed by atoms with Crippen LogP contribution in [0.1, 0.15) is 16.7 Å². The van der Waals surface area contributed by atoms with Crippen LogP contribution in [0.3, 0.4) is 0 Å². The van der Waals surface area contributed by atoms with Crippen LogP contribution >= 0.6 is 0 Å². The molecule has 134 valence electrons. The molecular weight excluding hydrogens is 350 g/mol. The highest BCUT2D eigenvalue weighted by molar-refractivity contribution is 5.72. The molecule has 9 heteroatoms. The van der Waals surface area contributed by atoms with Gasteiger partial charge in [0, 0.05) is 17.2 Å². The predicted molar refractivity (Wildman–Crippen MR) is 79.4 cm³/mol. The second kappa shape index (κ2) is 4.96. The highest BCUT2D eigenvalue weighted by atomic mass is 19.4. The van der Waals surface area contributed by atoms with Gasteiger partial charge >= 0.3 is 12.4 Å². The molecule has 0 bridgehead atoms. The van der Waals surface area contributed by atoms with E-state index in [0.717, 1.165) is 18.2 Å². The Balaban J connectivity index is 2.52. The van der Waals surface area contributed by atoms with Crippen molar-refractivity contribution in [3.63, 3.8) is 0 Å². The fraction of sp³-hybridized carbons (Fsp3) is 0.250. The molecule has 0 fully saturated rings. The molecule has 0 unspecified atom stereocenters. The minimum absolute atomic E-state index is 0.174. The van der Waals surface area contributed by atoms with E-state index in [0.29, 0.717) is 6.07 Å². The normalized spacial score (nSPS) is 16.0. The van der Waals surface area contributed by atoms with E-state index in [4.69, 9.17) is 16.2 Å². The highest BCUT2D eigenvalue weighted by Gasteiger charge is 2.75. The van der Waals surface area contributed by atoms with E-state index in [1.54, 1.807) is 0 Å². The van der Waals surface area contributed by atoms with Crippen LogP contribution in [0, 0.1) is 6.92 Å². The number of fused-ring (bicyclic) bond motifs is 2. The summed E-state index contributed by atoms with van der Waals surface area (Å²) in [6, 6.07) is 4.72. The van der Waals surface area contributed by atoms with E-state index in [1.807, 2.05) is 0 Å². The Kier molecular flexibility index (Phi) is 3.42. The number of benzene rings is 2. The molecule has 2 aromatic rings. The molecule has 0 atom stereocenters. The zero-order valence-corrected chi connectivity index (χ0v) is 12.7. The van der Waals surface area contributed by atoms with Gasteiger partial charge in [0.1, 0.15) is 11.5 Å². The maximum Gasteiger partial charge on any atom is 0.411 e. The minimum Gasteiger partial charge on any atom is -0.457 e. The van der Waals surface area contributed by atoms with Crippen molar-refractivity contribution in [3.8, 4) is 11.5 Å². The lowest BCUT2D eigenvalue weighted by Crippen LogP contribution is -2.56. The van der Waals surface area contributed by atoms with Crippen LogP contribution in [0.5, 0.6) is 11.5 Å². The van der Waals surface area contributed by atoms with Crippen molar-refractivity contribution in [2.75, 3.05) is 11.5 Å². The van der Waals surface area contributed by atoms with Crippen LogP contribution in [0.2, 0.25) is 0 Å². The van der Waals surface area contributed by atoms with Crippen molar-refractivity contribution >= 4 is 11.4 Å². The summed E-state index contributed by atoms with van der Waals surface area (Å²) < 4.78 is 89.1. The van der Waals surface area contributed by atoms with Crippen LogP contribution in [0.4, 0.5) is 37.7 Å². The molecule has 3 rings (SSSR count). The largest absolute Gasteiger partial charge is 0.457 e. The second-order valence-electron chi connectivity index (χ2n) is 5.82. The Bertz CT molecular complexity index is 843. The molecule has 3 nitrogen and oxygen atoms in total. The molecule has 25 heavy (non-hydrogen) atoms. The predicted octanol–water partition coefficient (Wildman–Crippen LogP) is 4.68. The molecule has 0 saturated carbocycles. The van der Waals surface area contributed by atoms with E-state index in [9.17, 15) is 26.3 Å². The monoisotopic (exact) mass is 362 g/mol. The summed E-state index contributed by atoms with van der Waals surface area (Å²) in [6.45, 7) is 1.39. The average molecular weight is 362 g/mol.